The van der Waals surface area contributed by atoms with E-state index >= 15 is 0 Å². The van der Waals surface area contributed by atoms with E-state index in [1.807, 2.05) is 0 Å². The number of primary amides is 1. The first-order valence-electron chi connectivity index (χ1n) is 6.46. The lowest BCUT2D eigenvalue weighted by atomic mass is 9.62. The van der Waals surface area contributed by atoms with Gasteiger partial charge in [0.15, 0.2) is 0 Å². The van der Waals surface area contributed by atoms with Crippen molar-refractivity contribution in [1.82, 2.24) is 5.43 Å². The standard InChI is InChI=1S/C13H21N3O/c1-10-6-5-7-11(15-16-12(14)17)13(10)8-3-2-4-9-13/h1-9H2,(H3,14,16,17). The zero-order chi connectivity index (χ0) is 12.3. The Labute approximate surface area is 102 Å². The van der Waals surface area contributed by atoms with Crippen LogP contribution in [0.5, 0.6) is 0 Å². The van der Waals surface area contributed by atoms with Crippen LogP contribution < -0.4 is 11.2 Å². The topological polar surface area (TPSA) is 67.5 Å². The highest BCUT2D eigenvalue weighted by molar-refractivity contribution is 5.94. The van der Waals surface area contributed by atoms with Crippen LogP contribution in [0, 0.1) is 5.41 Å². The van der Waals surface area contributed by atoms with Crippen LogP contribution in [0.15, 0.2) is 17.3 Å². The summed E-state index contributed by atoms with van der Waals surface area (Å²) < 4.78 is 0. The van der Waals surface area contributed by atoms with Gasteiger partial charge >= 0.3 is 6.03 Å². The number of hydrazone groups is 1. The fourth-order valence-electron chi connectivity index (χ4n) is 3.23. The molecule has 2 aliphatic rings. The van der Waals surface area contributed by atoms with Crippen LogP contribution in [-0.2, 0) is 0 Å². The zero-order valence-electron chi connectivity index (χ0n) is 10.3. The molecule has 0 saturated heterocycles. The average molecular weight is 235 g/mol. The van der Waals surface area contributed by atoms with Crippen molar-refractivity contribution in [2.24, 2.45) is 16.3 Å². The Bertz CT molecular complexity index is 354. The molecule has 0 atom stereocenters. The molecule has 0 heterocycles. The normalized spacial score (nSPS) is 26.1. The van der Waals surface area contributed by atoms with Crippen LogP contribution in [-0.4, -0.2) is 11.7 Å². The molecule has 0 aromatic rings. The van der Waals surface area contributed by atoms with Gasteiger partial charge in [-0.25, -0.2) is 10.2 Å². The second-order valence-corrected chi connectivity index (χ2v) is 5.13. The van der Waals surface area contributed by atoms with Gasteiger partial charge in [-0.15, -0.1) is 0 Å². The van der Waals surface area contributed by atoms with Crippen LogP contribution in [0.25, 0.3) is 0 Å². The largest absolute Gasteiger partial charge is 0.350 e. The number of allylic oxidation sites excluding steroid dienone is 1. The Morgan fingerprint density at radius 3 is 2.59 bits per heavy atom. The van der Waals surface area contributed by atoms with E-state index in [0.717, 1.165) is 37.8 Å². The number of carbonyl (C=O) groups is 1. The fourth-order valence-corrected chi connectivity index (χ4v) is 3.23. The van der Waals surface area contributed by atoms with Crippen LogP contribution >= 0.6 is 0 Å². The Morgan fingerprint density at radius 2 is 1.94 bits per heavy atom. The third-order valence-electron chi connectivity index (χ3n) is 4.13. The molecule has 0 aromatic carbocycles. The molecule has 0 aliphatic heterocycles. The van der Waals surface area contributed by atoms with E-state index in [1.54, 1.807) is 0 Å². The van der Waals surface area contributed by atoms with Gasteiger partial charge in [0.1, 0.15) is 0 Å². The number of nitrogens with two attached hydrogens (primary N) is 1. The number of carbonyl (C=O) groups excluding carboxylic acids is 1. The molecule has 3 N–H and O–H groups in total. The average Bonchev–Trinajstić information content (AvgIpc) is 2.32. The fraction of sp³-hybridized carbons (Fsp3) is 0.692. The van der Waals surface area contributed by atoms with Gasteiger partial charge in [-0.2, -0.15) is 5.10 Å². The van der Waals surface area contributed by atoms with Crippen molar-refractivity contribution in [3.63, 3.8) is 0 Å². The summed E-state index contributed by atoms with van der Waals surface area (Å²) in [4.78, 5) is 10.8. The predicted octanol–water partition coefficient (Wildman–Crippen LogP) is 2.70. The Morgan fingerprint density at radius 1 is 1.24 bits per heavy atom. The number of hydrogen-bond donors (Lipinski definition) is 2. The molecule has 1 spiro atoms. The highest BCUT2D eigenvalue weighted by Crippen LogP contribution is 2.48. The molecule has 2 amide bonds. The van der Waals surface area contributed by atoms with E-state index in [0.29, 0.717) is 0 Å². The van der Waals surface area contributed by atoms with Crippen molar-refractivity contribution in [1.29, 1.82) is 0 Å². The van der Waals surface area contributed by atoms with Crippen LogP contribution in [0.1, 0.15) is 51.4 Å². The first-order valence-corrected chi connectivity index (χ1v) is 6.46. The minimum atomic E-state index is -0.584. The smallest absolute Gasteiger partial charge is 0.332 e. The second-order valence-electron chi connectivity index (χ2n) is 5.13. The molecule has 4 nitrogen and oxygen atoms in total. The molecule has 17 heavy (non-hydrogen) atoms. The molecule has 2 rings (SSSR count). The number of urea groups is 1. The van der Waals surface area contributed by atoms with Crippen molar-refractivity contribution in [3.05, 3.63) is 12.2 Å². The van der Waals surface area contributed by atoms with E-state index in [-0.39, 0.29) is 5.41 Å². The third kappa shape index (κ3) is 2.35. The Kier molecular flexibility index (Phi) is 3.50. The summed E-state index contributed by atoms with van der Waals surface area (Å²) in [6, 6.07) is -0.584. The van der Waals surface area contributed by atoms with Crippen molar-refractivity contribution in [3.8, 4) is 0 Å². The first kappa shape index (κ1) is 12.1. The van der Waals surface area contributed by atoms with Crippen molar-refractivity contribution in [2.45, 2.75) is 51.4 Å². The molecular formula is C13H21N3O. The SMILES string of the molecule is C=C1CCCC(=NNC(N)=O)C12CCCCC2. The highest BCUT2D eigenvalue weighted by atomic mass is 16.2. The molecule has 0 aromatic heterocycles. The van der Waals surface area contributed by atoms with E-state index in [4.69, 9.17) is 5.73 Å². The molecule has 2 aliphatic carbocycles. The number of amides is 2. The summed E-state index contributed by atoms with van der Waals surface area (Å²) in [6.45, 7) is 4.24. The maximum absolute atomic E-state index is 10.8. The highest BCUT2D eigenvalue weighted by Gasteiger charge is 2.41. The van der Waals surface area contributed by atoms with Gasteiger partial charge in [-0.3, -0.25) is 0 Å². The summed E-state index contributed by atoms with van der Waals surface area (Å²) in [6.07, 6.45) is 9.15. The van der Waals surface area contributed by atoms with E-state index in [9.17, 15) is 4.79 Å². The zero-order valence-corrected chi connectivity index (χ0v) is 10.3. The minimum absolute atomic E-state index is 0.0545. The predicted molar refractivity (Wildman–Crippen MR) is 68.7 cm³/mol. The van der Waals surface area contributed by atoms with Crippen LogP contribution in [0.2, 0.25) is 0 Å². The van der Waals surface area contributed by atoms with Crippen molar-refractivity contribution in [2.75, 3.05) is 0 Å². The molecule has 2 fully saturated rings. The van der Waals surface area contributed by atoms with Gasteiger partial charge in [0, 0.05) is 11.1 Å². The summed E-state index contributed by atoms with van der Waals surface area (Å²) in [5.74, 6) is 0. The van der Waals surface area contributed by atoms with Crippen LogP contribution in [0.4, 0.5) is 4.79 Å². The molecule has 0 radical (unpaired) electrons. The number of rotatable bonds is 1. The van der Waals surface area contributed by atoms with Crippen LogP contribution in [0.3, 0.4) is 0 Å². The summed E-state index contributed by atoms with van der Waals surface area (Å²) in [5.41, 5.74) is 9.92. The lowest BCUT2D eigenvalue weighted by Gasteiger charge is -2.43. The van der Waals surface area contributed by atoms with Gasteiger partial charge in [0.05, 0.1) is 0 Å². The molecule has 2 saturated carbocycles. The van der Waals surface area contributed by atoms with E-state index in [2.05, 4.69) is 17.1 Å². The van der Waals surface area contributed by atoms with Gasteiger partial charge in [0.2, 0.25) is 0 Å². The third-order valence-corrected chi connectivity index (χ3v) is 4.13. The number of hydrogen-bond acceptors (Lipinski definition) is 2. The number of nitrogens with one attached hydrogen (secondary N) is 1. The van der Waals surface area contributed by atoms with Crippen molar-refractivity contribution >= 4 is 11.7 Å². The summed E-state index contributed by atoms with van der Waals surface area (Å²) >= 11 is 0. The molecule has 0 unspecified atom stereocenters. The first-order chi connectivity index (χ1) is 8.15. The maximum atomic E-state index is 10.8. The molecular weight excluding hydrogens is 214 g/mol. The van der Waals surface area contributed by atoms with Gasteiger partial charge < -0.3 is 5.73 Å². The monoisotopic (exact) mass is 235 g/mol. The van der Waals surface area contributed by atoms with E-state index in [1.165, 1.54) is 24.8 Å². The lowest BCUT2D eigenvalue weighted by molar-refractivity contribution is 0.248. The Hall–Kier alpha value is -1.32. The molecule has 4 heteroatoms. The minimum Gasteiger partial charge on any atom is -0.350 e. The van der Waals surface area contributed by atoms with Crippen molar-refractivity contribution < 1.29 is 4.79 Å². The molecule has 0 bridgehead atoms. The summed E-state index contributed by atoms with van der Waals surface area (Å²) in [7, 11) is 0. The number of nitrogens with zero attached hydrogens (tertiary/aromatic N) is 1. The van der Waals surface area contributed by atoms with Gasteiger partial charge in [-0.05, 0) is 32.1 Å². The second kappa shape index (κ2) is 4.90. The van der Waals surface area contributed by atoms with E-state index < -0.39 is 6.03 Å². The van der Waals surface area contributed by atoms with Gasteiger partial charge in [0.25, 0.3) is 0 Å². The maximum Gasteiger partial charge on any atom is 0.332 e. The Balaban J connectivity index is 2.24. The van der Waals surface area contributed by atoms with Gasteiger partial charge in [-0.1, -0.05) is 31.4 Å². The molecule has 94 valence electrons. The lowest BCUT2D eigenvalue weighted by Crippen LogP contribution is -2.40. The summed E-state index contributed by atoms with van der Waals surface area (Å²) in [5, 5.41) is 4.24. The quantitative estimate of drug-likeness (QED) is 0.532.